The maximum Gasteiger partial charge on any atom is 0.338 e. The summed E-state index contributed by atoms with van der Waals surface area (Å²) in [5.41, 5.74) is -1.42. The molecule has 1 atom stereocenters. The standard InChI is InChI=1S/C11H20O3/c1-4-6-7-9-14-10(12)11(3,13)8-5-2/h5,13H,2,4,6-9H2,1,3H3. The summed E-state index contributed by atoms with van der Waals surface area (Å²) in [5.74, 6) is -0.562. The molecule has 0 heterocycles. The molecule has 0 aliphatic carbocycles. The van der Waals surface area contributed by atoms with Gasteiger partial charge < -0.3 is 9.84 Å². The van der Waals surface area contributed by atoms with Gasteiger partial charge in [-0.25, -0.2) is 4.79 Å². The van der Waals surface area contributed by atoms with Gasteiger partial charge in [0.1, 0.15) is 0 Å². The quantitative estimate of drug-likeness (QED) is 0.388. The highest BCUT2D eigenvalue weighted by Crippen LogP contribution is 2.12. The van der Waals surface area contributed by atoms with Crippen molar-refractivity contribution in [3.63, 3.8) is 0 Å². The second kappa shape index (κ2) is 6.60. The molecule has 0 radical (unpaired) electrons. The van der Waals surface area contributed by atoms with Gasteiger partial charge in [0.05, 0.1) is 6.61 Å². The third kappa shape index (κ3) is 5.02. The third-order valence-electron chi connectivity index (χ3n) is 1.96. The highest BCUT2D eigenvalue weighted by molar-refractivity contribution is 5.78. The van der Waals surface area contributed by atoms with Crippen molar-refractivity contribution in [1.29, 1.82) is 0 Å². The van der Waals surface area contributed by atoms with Crippen molar-refractivity contribution in [1.82, 2.24) is 0 Å². The van der Waals surface area contributed by atoms with E-state index >= 15 is 0 Å². The molecule has 0 spiro atoms. The minimum atomic E-state index is -1.42. The largest absolute Gasteiger partial charge is 0.464 e. The lowest BCUT2D eigenvalue weighted by molar-refractivity contribution is -0.163. The Labute approximate surface area is 85.8 Å². The molecule has 14 heavy (non-hydrogen) atoms. The number of unbranched alkanes of at least 4 members (excludes halogenated alkanes) is 2. The van der Waals surface area contributed by atoms with Crippen LogP contribution in [0.25, 0.3) is 0 Å². The summed E-state index contributed by atoms with van der Waals surface area (Å²) in [6, 6.07) is 0. The van der Waals surface area contributed by atoms with E-state index in [0.29, 0.717) is 6.61 Å². The average molecular weight is 200 g/mol. The first-order valence-electron chi connectivity index (χ1n) is 5.05. The van der Waals surface area contributed by atoms with Gasteiger partial charge in [0.2, 0.25) is 0 Å². The summed E-state index contributed by atoms with van der Waals surface area (Å²) < 4.78 is 4.92. The lowest BCUT2D eigenvalue weighted by Crippen LogP contribution is -2.36. The number of carbonyl (C=O) groups is 1. The molecule has 0 fully saturated rings. The molecule has 0 rings (SSSR count). The first-order chi connectivity index (χ1) is 6.54. The smallest absolute Gasteiger partial charge is 0.338 e. The van der Waals surface area contributed by atoms with Crippen LogP contribution in [0.3, 0.4) is 0 Å². The molecule has 0 aromatic rings. The number of carbonyl (C=O) groups excluding carboxylic acids is 1. The Morgan fingerprint density at radius 2 is 2.21 bits per heavy atom. The van der Waals surface area contributed by atoms with Crippen LogP contribution >= 0.6 is 0 Å². The number of hydrogen-bond acceptors (Lipinski definition) is 3. The molecule has 0 aromatic carbocycles. The molecule has 0 aliphatic heterocycles. The van der Waals surface area contributed by atoms with Gasteiger partial charge in [-0.05, 0) is 13.3 Å². The predicted octanol–water partition coefficient (Wildman–Crippen LogP) is 2.05. The van der Waals surface area contributed by atoms with Gasteiger partial charge in [-0.15, -0.1) is 6.58 Å². The van der Waals surface area contributed by atoms with E-state index < -0.39 is 11.6 Å². The SMILES string of the molecule is C=CCC(C)(O)C(=O)OCCCCC. The van der Waals surface area contributed by atoms with E-state index in [1.54, 1.807) is 0 Å². The molecule has 1 N–H and O–H groups in total. The minimum absolute atomic E-state index is 0.222. The summed E-state index contributed by atoms with van der Waals surface area (Å²) >= 11 is 0. The van der Waals surface area contributed by atoms with Crippen molar-refractivity contribution in [3.8, 4) is 0 Å². The van der Waals surface area contributed by atoms with Crippen molar-refractivity contribution < 1.29 is 14.6 Å². The van der Waals surface area contributed by atoms with E-state index in [1.165, 1.54) is 13.0 Å². The fraction of sp³-hybridized carbons (Fsp3) is 0.727. The number of rotatable bonds is 7. The van der Waals surface area contributed by atoms with Crippen LogP contribution in [-0.4, -0.2) is 23.3 Å². The second-order valence-corrected chi connectivity index (χ2v) is 3.61. The van der Waals surface area contributed by atoms with Crippen LogP contribution in [-0.2, 0) is 9.53 Å². The second-order valence-electron chi connectivity index (χ2n) is 3.61. The van der Waals surface area contributed by atoms with E-state index in [0.717, 1.165) is 19.3 Å². The Morgan fingerprint density at radius 3 is 2.71 bits per heavy atom. The van der Waals surface area contributed by atoms with E-state index in [-0.39, 0.29) is 6.42 Å². The van der Waals surface area contributed by atoms with Crippen molar-refractivity contribution in [2.24, 2.45) is 0 Å². The zero-order valence-electron chi connectivity index (χ0n) is 9.08. The Hall–Kier alpha value is -0.830. The fourth-order valence-corrected chi connectivity index (χ4v) is 1.04. The van der Waals surface area contributed by atoms with Gasteiger partial charge in [0.15, 0.2) is 5.60 Å². The molecule has 3 heteroatoms. The van der Waals surface area contributed by atoms with Gasteiger partial charge in [-0.2, -0.15) is 0 Å². The molecule has 3 nitrogen and oxygen atoms in total. The molecular weight excluding hydrogens is 180 g/mol. The molecule has 82 valence electrons. The van der Waals surface area contributed by atoms with E-state index in [1.807, 2.05) is 0 Å². The number of ether oxygens (including phenoxy) is 1. The zero-order chi connectivity index (χ0) is 11.0. The Bertz CT molecular complexity index is 185. The first-order valence-corrected chi connectivity index (χ1v) is 5.05. The Kier molecular flexibility index (Phi) is 6.21. The Balaban J connectivity index is 3.77. The molecule has 1 unspecified atom stereocenters. The van der Waals surface area contributed by atoms with Crippen LogP contribution in [0.15, 0.2) is 12.7 Å². The number of hydrogen-bond donors (Lipinski definition) is 1. The van der Waals surface area contributed by atoms with Gasteiger partial charge in [-0.3, -0.25) is 0 Å². The van der Waals surface area contributed by atoms with Gasteiger partial charge in [-0.1, -0.05) is 25.8 Å². The summed E-state index contributed by atoms with van der Waals surface area (Å²) in [7, 11) is 0. The molecule has 0 bridgehead atoms. The maximum atomic E-state index is 11.3. The van der Waals surface area contributed by atoms with Crippen molar-refractivity contribution in [2.45, 2.75) is 45.1 Å². The van der Waals surface area contributed by atoms with Crippen LogP contribution in [0.5, 0.6) is 0 Å². The molecule has 0 amide bonds. The minimum Gasteiger partial charge on any atom is -0.464 e. The molecule has 0 saturated heterocycles. The van der Waals surface area contributed by atoms with Gasteiger partial charge in [0, 0.05) is 6.42 Å². The van der Waals surface area contributed by atoms with E-state index in [4.69, 9.17) is 4.74 Å². The summed E-state index contributed by atoms with van der Waals surface area (Å²) in [6.45, 7) is 7.38. The predicted molar refractivity (Wildman–Crippen MR) is 55.9 cm³/mol. The fourth-order valence-electron chi connectivity index (χ4n) is 1.04. The molecule has 0 aliphatic rings. The lowest BCUT2D eigenvalue weighted by atomic mass is 10.0. The lowest BCUT2D eigenvalue weighted by Gasteiger charge is -2.19. The topological polar surface area (TPSA) is 46.5 Å². The average Bonchev–Trinajstić information content (AvgIpc) is 2.12. The van der Waals surface area contributed by atoms with Crippen LogP contribution in [0.4, 0.5) is 0 Å². The van der Waals surface area contributed by atoms with E-state index in [2.05, 4.69) is 13.5 Å². The highest BCUT2D eigenvalue weighted by Gasteiger charge is 2.30. The van der Waals surface area contributed by atoms with Crippen molar-refractivity contribution in [3.05, 3.63) is 12.7 Å². The summed E-state index contributed by atoms with van der Waals surface area (Å²) in [6.07, 6.45) is 4.71. The number of esters is 1. The van der Waals surface area contributed by atoms with Crippen LogP contribution in [0.1, 0.15) is 39.5 Å². The van der Waals surface area contributed by atoms with Crippen molar-refractivity contribution >= 4 is 5.97 Å². The normalized spacial score (nSPS) is 14.5. The molecular formula is C11H20O3. The van der Waals surface area contributed by atoms with Gasteiger partial charge in [0.25, 0.3) is 0 Å². The van der Waals surface area contributed by atoms with Crippen LogP contribution < -0.4 is 0 Å². The molecule has 0 aromatic heterocycles. The van der Waals surface area contributed by atoms with Crippen LogP contribution in [0.2, 0.25) is 0 Å². The van der Waals surface area contributed by atoms with Crippen LogP contribution in [0, 0.1) is 0 Å². The zero-order valence-corrected chi connectivity index (χ0v) is 9.08. The molecule has 0 saturated carbocycles. The van der Waals surface area contributed by atoms with E-state index in [9.17, 15) is 9.90 Å². The summed E-state index contributed by atoms with van der Waals surface area (Å²) in [4.78, 5) is 11.3. The first kappa shape index (κ1) is 13.2. The van der Waals surface area contributed by atoms with Crippen molar-refractivity contribution in [2.75, 3.05) is 6.61 Å². The maximum absolute atomic E-state index is 11.3. The Morgan fingerprint density at radius 1 is 1.57 bits per heavy atom. The van der Waals surface area contributed by atoms with Gasteiger partial charge >= 0.3 is 5.97 Å². The third-order valence-corrected chi connectivity index (χ3v) is 1.96. The monoisotopic (exact) mass is 200 g/mol. The highest BCUT2D eigenvalue weighted by atomic mass is 16.5. The summed E-state index contributed by atoms with van der Waals surface area (Å²) in [5, 5.41) is 9.59. The number of aliphatic hydroxyl groups is 1.